The summed E-state index contributed by atoms with van der Waals surface area (Å²) in [6.07, 6.45) is 7.75. The van der Waals surface area contributed by atoms with E-state index in [4.69, 9.17) is 0 Å². The number of sulfonamides is 1. The van der Waals surface area contributed by atoms with Crippen LogP contribution in [0.2, 0.25) is 6.32 Å². The molecule has 169 valence electrons. The maximum Gasteiger partial charge on any atom is 0.265 e. The molecule has 9 heteroatoms. The van der Waals surface area contributed by atoms with Gasteiger partial charge in [-0.2, -0.15) is 5.26 Å². The number of nitriles is 1. The SMILES string of the molecule is CC1=CC2C=C(C(=O)/C(C#N)=C/N(C)C)N(S(=O)(=O)c3ccc(C)cc3)C2C=C1C[B]C=O. The van der Waals surface area contributed by atoms with Crippen molar-refractivity contribution in [1.82, 2.24) is 9.21 Å². The Labute approximate surface area is 195 Å². The van der Waals surface area contributed by atoms with E-state index in [0.29, 0.717) is 12.5 Å². The summed E-state index contributed by atoms with van der Waals surface area (Å²) in [5.74, 6) is -1.03. The second-order valence-corrected chi connectivity index (χ2v) is 10.1. The van der Waals surface area contributed by atoms with Gasteiger partial charge >= 0.3 is 0 Å². The highest BCUT2D eigenvalue weighted by molar-refractivity contribution is 7.89. The molecule has 3 rings (SSSR count). The molecule has 0 amide bonds. The predicted molar refractivity (Wildman–Crippen MR) is 127 cm³/mol. The van der Waals surface area contributed by atoms with E-state index >= 15 is 0 Å². The Hall–Kier alpha value is -3.38. The largest absolute Gasteiger partial charge is 0.382 e. The summed E-state index contributed by atoms with van der Waals surface area (Å²) >= 11 is 0. The molecule has 0 spiro atoms. The molecule has 1 heterocycles. The van der Waals surface area contributed by atoms with Crippen LogP contribution < -0.4 is 0 Å². The number of aryl methyl sites for hydroxylation is 1. The van der Waals surface area contributed by atoms with E-state index in [1.807, 2.05) is 26.0 Å². The van der Waals surface area contributed by atoms with Crippen LogP contribution in [0, 0.1) is 24.2 Å². The number of allylic oxidation sites excluding steroid dienone is 3. The highest BCUT2D eigenvalue weighted by atomic mass is 32.2. The lowest BCUT2D eigenvalue weighted by molar-refractivity contribution is -0.112. The highest BCUT2D eigenvalue weighted by Crippen LogP contribution is 2.40. The Bertz CT molecular complexity index is 1240. The molecule has 2 unspecified atom stereocenters. The maximum atomic E-state index is 13.8. The first kappa shape index (κ1) is 24.3. The van der Waals surface area contributed by atoms with Crippen molar-refractivity contribution in [2.24, 2.45) is 5.92 Å². The minimum Gasteiger partial charge on any atom is -0.382 e. The molecule has 2 atom stereocenters. The van der Waals surface area contributed by atoms with E-state index in [9.17, 15) is 23.3 Å². The third-order valence-corrected chi connectivity index (χ3v) is 7.40. The maximum absolute atomic E-state index is 13.8. The van der Waals surface area contributed by atoms with Crippen LogP contribution in [0.25, 0.3) is 0 Å². The zero-order chi connectivity index (χ0) is 24.3. The monoisotopic (exact) mass is 462 g/mol. The standard InChI is InChI=1S/C24H25BN3O4S/c1-16-5-7-21(8-6-16)33(31,32)28-22-11-19(12-25-15-29)17(2)9-18(22)10-23(28)24(30)20(13-26)14-27(3)4/h5-11,14-15,18,22H,12H2,1-4H3/b20-14+. The lowest BCUT2D eigenvalue weighted by Crippen LogP contribution is -2.40. The second kappa shape index (κ2) is 9.63. The molecule has 7 nitrogen and oxygen atoms in total. The number of ketones is 1. The number of nitrogens with zero attached hydrogens (tertiary/aromatic N) is 3. The number of fused-ring (bicyclic) bond motifs is 1. The molecule has 33 heavy (non-hydrogen) atoms. The summed E-state index contributed by atoms with van der Waals surface area (Å²) in [5, 5.41) is 9.56. The summed E-state index contributed by atoms with van der Waals surface area (Å²) in [5.41, 5.74) is 2.42. The van der Waals surface area contributed by atoms with Crippen molar-refractivity contribution in [3.63, 3.8) is 0 Å². The predicted octanol–water partition coefficient (Wildman–Crippen LogP) is 2.61. The van der Waals surface area contributed by atoms with Gasteiger partial charge in [0.25, 0.3) is 10.0 Å². The Morgan fingerprint density at radius 2 is 1.85 bits per heavy atom. The Morgan fingerprint density at radius 1 is 1.18 bits per heavy atom. The third-order valence-electron chi connectivity index (χ3n) is 5.57. The summed E-state index contributed by atoms with van der Waals surface area (Å²) in [6.45, 7) is 3.75. The smallest absolute Gasteiger partial charge is 0.265 e. The van der Waals surface area contributed by atoms with E-state index in [1.54, 1.807) is 43.3 Å². The van der Waals surface area contributed by atoms with E-state index in [2.05, 4.69) is 0 Å². The van der Waals surface area contributed by atoms with Crippen LogP contribution in [0.3, 0.4) is 0 Å². The fourth-order valence-corrected chi connectivity index (χ4v) is 5.59. The third kappa shape index (κ3) is 4.86. The van der Waals surface area contributed by atoms with Crippen molar-refractivity contribution in [3.8, 4) is 6.07 Å². The van der Waals surface area contributed by atoms with Crippen molar-refractivity contribution >= 4 is 29.3 Å². The average molecular weight is 462 g/mol. The molecule has 0 fully saturated rings. The van der Waals surface area contributed by atoms with Gasteiger partial charge < -0.3 is 9.69 Å². The quantitative estimate of drug-likeness (QED) is 0.255. The minimum atomic E-state index is -4.11. The van der Waals surface area contributed by atoms with Crippen LogP contribution in [-0.2, 0) is 19.6 Å². The Kier molecular flexibility index (Phi) is 7.08. The van der Waals surface area contributed by atoms with Crippen LogP contribution in [-0.4, -0.2) is 57.0 Å². The molecule has 1 aliphatic heterocycles. The highest BCUT2D eigenvalue weighted by Gasteiger charge is 2.44. The fraction of sp³-hybridized carbons (Fsp3) is 0.292. The normalized spacial score (nSPS) is 20.2. The van der Waals surface area contributed by atoms with Crippen molar-refractivity contribution in [1.29, 1.82) is 5.26 Å². The van der Waals surface area contributed by atoms with E-state index < -0.39 is 21.8 Å². The zero-order valence-corrected chi connectivity index (χ0v) is 19.8. The number of carbonyl (C=O) groups excluding carboxylic acids is 2. The van der Waals surface area contributed by atoms with Crippen molar-refractivity contribution in [2.45, 2.75) is 31.1 Å². The van der Waals surface area contributed by atoms with Crippen molar-refractivity contribution in [2.75, 3.05) is 14.1 Å². The molecule has 0 bridgehead atoms. The van der Waals surface area contributed by atoms with Gasteiger partial charge in [0.05, 0.1) is 22.8 Å². The van der Waals surface area contributed by atoms with Crippen molar-refractivity contribution < 1.29 is 18.0 Å². The van der Waals surface area contributed by atoms with Gasteiger partial charge in [0.2, 0.25) is 13.1 Å². The average Bonchev–Trinajstić information content (AvgIpc) is 3.14. The van der Waals surface area contributed by atoms with Gasteiger partial charge in [0.1, 0.15) is 11.6 Å². The number of hydrogen-bond donors (Lipinski definition) is 0. The van der Waals surface area contributed by atoms with Gasteiger partial charge in [-0.25, -0.2) is 8.42 Å². The number of carbonyl (C=O) groups is 2. The number of benzene rings is 1. The molecule has 0 saturated carbocycles. The van der Waals surface area contributed by atoms with Crippen LogP contribution in [0.4, 0.5) is 0 Å². The summed E-state index contributed by atoms with van der Waals surface area (Å²) in [6, 6.07) is 7.63. The van der Waals surface area contributed by atoms with E-state index in [0.717, 1.165) is 21.0 Å². The molecule has 0 N–H and O–H groups in total. The van der Waals surface area contributed by atoms with Crippen LogP contribution in [0.15, 0.2) is 76.0 Å². The topological polar surface area (TPSA) is 98.5 Å². The fourth-order valence-electron chi connectivity index (χ4n) is 3.96. The van der Waals surface area contributed by atoms with Crippen LogP contribution >= 0.6 is 0 Å². The molecule has 1 aliphatic carbocycles. The molecule has 2 aliphatic rings. The number of Topliss-reactive ketones (excluding diaryl/α,β-unsaturated/α-hetero) is 1. The zero-order valence-electron chi connectivity index (χ0n) is 19.0. The van der Waals surface area contributed by atoms with E-state index in [-0.39, 0.29) is 22.1 Å². The first-order valence-corrected chi connectivity index (χ1v) is 11.9. The van der Waals surface area contributed by atoms with Crippen LogP contribution in [0.1, 0.15) is 12.5 Å². The van der Waals surface area contributed by atoms with Gasteiger partial charge in [0, 0.05) is 26.2 Å². The molecular weight excluding hydrogens is 437 g/mol. The first-order valence-electron chi connectivity index (χ1n) is 10.4. The lowest BCUT2D eigenvalue weighted by Gasteiger charge is -2.32. The number of rotatable bonds is 8. The number of hydrogen-bond acceptors (Lipinski definition) is 6. The molecule has 1 aromatic rings. The molecule has 0 saturated heterocycles. The van der Waals surface area contributed by atoms with Gasteiger partial charge in [-0.15, -0.1) is 0 Å². The lowest BCUT2D eigenvalue weighted by atomic mass is 9.70. The Morgan fingerprint density at radius 3 is 2.42 bits per heavy atom. The van der Waals surface area contributed by atoms with Gasteiger partial charge in [0.15, 0.2) is 0 Å². The summed E-state index contributed by atoms with van der Waals surface area (Å²) in [4.78, 5) is 25.8. The molecule has 1 aromatic carbocycles. The molecular formula is C24H25BN3O4S. The summed E-state index contributed by atoms with van der Waals surface area (Å²) < 4.78 is 28.6. The molecule has 1 radical (unpaired) electrons. The van der Waals surface area contributed by atoms with E-state index in [1.165, 1.54) is 25.6 Å². The minimum absolute atomic E-state index is 0.0545. The van der Waals surface area contributed by atoms with Gasteiger partial charge in [-0.3, -0.25) is 9.10 Å². The first-order chi connectivity index (χ1) is 15.6. The second-order valence-electron chi connectivity index (χ2n) is 8.30. The summed E-state index contributed by atoms with van der Waals surface area (Å²) in [7, 11) is 0.710. The van der Waals surface area contributed by atoms with Gasteiger partial charge in [-0.1, -0.05) is 41.0 Å². The van der Waals surface area contributed by atoms with Crippen molar-refractivity contribution in [3.05, 3.63) is 76.7 Å². The Balaban J connectivity index is 2.16. The van der Waals surface area contributed by atoms with Crippen LogP contribution in [0.5, 0.6) is 0 Å². The van der Waals surface area contributed by atoms with Gasteiger partial charge in [-0.05, 0) is 38.4 Å². The molecule has 0 aromatic heterocycles.